The second kappa shape index (κ2) is 10.1. The topological polar surface area (TPSA) is 49.4 Å². The largest absolute Gasteiger partial charge is 0.354 e. The van der Waals surface area contributed by atoms with Crippen LogP contribution < -0.4 is 5.32 Å². The molecule has 0 saturated heterocycles. The molecule has 1 N–H and O–H groups in total. The molecule has 24 heavy (non-hydrogen) atoms. The van der Waals surface area contributed by atoms with Gasteiger partial charge in [-0.15, -0.1) is 0 Å². The van der Waals surface area contributed by atoms with Crippen LogP contribution >= 0.6 is 0 Å². The fourth-order valence-corrected chi connectivity index (χ4v) is 3.37. The number of carbonyl (C=O) groups excluding carboxylic acids is 2. The normalized spacial score (nSPS) is 15.0. The monoisotopic (exact) mass is 330 g/mol. The smallest absolute Gasteiger partial charge is 0.223 e. The first-order valence-corrected chi connectivity index (χ1v) is 9.24. The third-order valence-corrected chi connectivity index (χ3v) is 4.84. The first kappa shape index (κ1) is 18.5. The van der Waals surface area contributed by atoms with Gasteiger partial charge in [0.15, 0.2) is 0 Å². The average molecular weight is 330 g/mol. The third kappa shape index (κ3) is 6.34. The van der Waals surface area contributed by atoms with Crippen LogP contribution in [0.2, 0.25) is 0 Å². The summed E-state index contributed by atoms with van der Waals surface area (Å²) in [6.07, 6.45) is 7.52. The van der Waals surface area contributed by atoms with E-state index in [1.807, 2.05) is 23.1 Å². The van der Waals surface area contributed by atoms with Crippen LogP contribution in [0.4, 0.5) is 0 Å². The van der Waals surface area contributed by atoms with Crippen LogP contribution in [0.1, 0.15) is 51.0 Å². The van der Waals surface area contributed by atoms with Gasteiger partial charge < -0.3 is 10.2 Å². The average Bonchev–Trinajstić information content (AvgIpc) is 2.61. The van der Waals surface area contributed by atoms with Gasteiger partial charge in [-0.05, 0) is 31.2 Å². The van der Waals surface area contributed by atoms with E-state index in [0.717, 1.165) is 45.1 Å². The lowest BCUT2D eigenvalue weighted by molar-refractivity contribution is -0.130. The van der Waals surface area contributed by atoms with Crippen molar-refractivity contribution in [3.8, 4) is 0 Å². The zero-order valence-corrected chi connectivity index (χ0v) is 14.8. The maximum Gasteiger partial charge on any atom is 0.223 e. The van der Waals surface area contributed by atoms with Crippen molar-refractivity contribution < 1.29 is 9.59 Å². The standard InChI is InChI=1S/C20H30N2O2/c1-17(23)22(15-8-11-18-9-4-2-5-10-18)16-14-21-20(24)19-12-6-3-7-13-19/h2,4-5,9-10,19H,3,6-8,11-16H2,1H3,(H,21,24). The van der Waals surface area contributed by atoms with Crippen molar-refractivity contribution in [3.63, 3.8) is 0 Å². The minimum Gasteiger partial charge on any atom is -0.354 e. The Morgan fingerprint density at radius 1 is 1.08 bits per heavy atom. The van der Waals surface area contributed by atoms with Gasteiger partial charge >= 0.3 is 0 Å². The SMILES string of the molecule is CC(=O)N(CCCc1ccccc1)CCNC(=O)C1CCCCC1. The summed E-state index contributed by atoms with van der Waals surface area (Å²) >= 11 is 0. The molecule has 0 spiro atoms. The highest BCUT2D eigenvalue weighted by atomic mass is 16.2. The number of benzene rings is 1. The summed E-state index contributed by atoms with van der Waals surface area (Å²) in [5.41, 5.74) is 1.30. The molecule has 4 nitrogen and oxygen atoms in total. The fourth-order valence-electron chi connectivity index (χ4n) is 3.37. The summed E-state index contributed by atoms with van der Waals surface area (Å²) in [6.45, 7) is 3.50. The first-order valence-electron chi connectivity index (χ1n) is 9.24. The Balaban J connectivity index is 1.67. The molecule has 2 amide bonds. The van der Waals surface area contributed by atoms with E-state index >= 15 is 0 Å². The zero-order chi connectivity index (χ0) is 17.2. The van der Waals surface area contributed by atoms with Gasteiger partial charge in [-0.2, -0.15) is 0 Å². The molecule has 1 aromatic rings. The van der Waals surface area contributed by atoms with E-state index in [9.17, 15) is 9.59 Å². The number of nitrogens with one attached hydrogen (secondary N) is 1. The van der Waals surface area contributed by atoms with E-state index in [1.54, 1.807) is 6.92 Å². The lowest BCUT2D eigenvalue weighted by atomic mass is 9.89. The molecule has 0 unspecified atom stereocenters. The highest BCUT2D eigenvalue weighted by Gasteiger charge is 2.20. The summed E-state index contributed by atoms with van der Waals surface area (Å²) in [6, 6.07) is 10.3. The van der Waals surface area contributed by atoms with Crippen molar-refractivity contribution in [1.82, 2.24) is 10.2 Å². The minimum atomic E-state index is 0.0787. The second-order valence-electron chi connectivity index (χ2n) is 6.72. The molecule has 0 atom stereocenters. The summed E-state index contributed by atoms with van der Waals surface area (Å²) in [5, 5.41) is 3.01. The molecule has 2 rings (SSSR count). The van der Waals surface area contributed by atoms with E-state index in [0.29, 0.717) is 13.1 Å². The first-order chi connectivity index (χ1) is 11.7. The molecule has 0 heterocycles. The third-order valence-electron chi connectivity index (χ3n) is 4.84. The lowest BCUT2D eigenvalue weighted by Gasteiger charge is -2.23. The Kier molecular flexibility index (Phi) is 7.80. The van der Waals surface area contributed by atoms with Gasteiger partial charge in [-0.1, -0.05) is 49.6 Å². The Morgan fingerprint density at radius 2 is 1.79 bits per heavy atom. The van der Waals surface area contributed by atoms with Crippen LogP contribution in [0.5, 0.6) is 0 Å². The van der Waals surface area contributed by atoms with Gasteiger partial charge in [-0.25, -0.2) is 0 Å². The Morgan fingerprint density at radius 3 is 2.46 bits per heavy atom. The van der Waals surface area contributed by atoms with E-state index in [4.69, 9.17) is 0 Å². The molecule has 1 aliphatic rings. The molecule has 0 aromatic heterocycles. The van der Waals surface area contributed by atoms with Crippen molar-refractivity contribution in [3.05, 3.63) is 35.9 Å². The predicted molar refractivity (Wildman–Crippen MR) is 96.6 cm³/mol. The molecule has 1 aliphatic carbocycles. The van der Waals surface area contributed by atoms with Crippen LogP contribution in [0.15, 0.2) is 30.3 Å². The van der Waals surface area contributed by atoms with Gasteiger partial charge in [0.25, 0.3) is 0 Å². The molecule has 4 heteroatoms. The van der Waals surface area contributed by atoms with Crippen LogP contribution in [-0.4, -0.2) is 36.3 Å². The Bertz CT molecular complexity index is 510. The van der Waals surface area contributed by atoms with Gasteiger partial charge in [0, 0.05) is 32.5 Å². The van der Waals surface area contributed by atoms with Crippen LogP contribution in [0.3, 0.4) is 0 Å². The summed E-state index contributed by atoms with van der Waals surface area (Å²) in [4.78, 5) is 25.7. The second-order valence-corrected chi connectivity index (χ2v) is 6.72. The van der Waals surface area contributed by atoms with Gasteiger partial charge in [0.1, 0.15) is 0 Å². The molecule has 132 valence electrons. The van der Waals surface area contributed by atoms with Crippen molar-refractivity contribution in [2.24, 2.45) is 5.92 Å². The van der Waals surface area contributed by atoms with Crippen LogP contribution in [-0.2, 0) is 16.0 Å². The quantitative estimate of drug-likeness (QED) is 0.796. The molecule has 1 saturated carbocycles. The zero-order valence-electron chi connectivity index (χ0n) is 14.8. The lowest BCUT2D eigenvalue weighted by Crippen LogP contribution is -2.40. The fraction of sp³-hybridized carbons (Fsp3) is 0.600. The van der Waals surface area contributed by atoms with Crippen molar-refractivity contribution >= 4 is 11.8 Å². The molecule has 0 bridgehead atoms. The molecular weight excluding hydrogens is 300 g/mol. The van der Waals surface area contributed by atoms with Crippen molar-refractivity contribution in [1.29, 1.82) is 0 Å². The molecular formula is C20H30N2O2. The van der Waals surface area contributed by atoms with Crippen LogP contribution in [0, 0.1) is 5.92 Å². The maximum atomic E-state index is 12.1. The predicted octanol–water partition coefficient (Wildman–Crippen LogP) is 3.16. The van der Waals surface area contributed by atoms with Crippen LogP contribution in [0.25, 0.3) is 0 Å². The summed E-state index contributed by atoms with van der Waals surface area (Å²) in [7, 11) is 0. The molecule has 0 aliphatic heterocycles. The van der Waals surface area contributed by atoms with E-state index in [1.165, 1.54) is 12.0 Å². The molecule has 1 fully saturated rings. The van der Waals surface area contributed by atoms with Gasteiger partial charge in [-0.3, -0.25) is 9.59 Å². The van der Waals surface area contributed by atoms with Crippen molar-refractivity contribution in [2.75, 3.05) is 19.6 Å². The van der Waals surface area contributed by atoms with E-state index in [-0.39, 0.29) is 17.7 Å². The number of hydrogen-bond donors (Lipinski definition) is 1. The highest BCUT2D eigenvalue weighted by Crippen LogP contribution is 2.23. The van der Waals surface area contributed by atoms with Gasteiger partial charge in [0.2, 0.25) is 11.8 Å². The Labute approximate surface area is 145 Å². The number of carbonyl (C=O) groups is 2. The van der Waals surface area contributed by atoms with E-state index < -0.39 is 0 Å². The minimum absolute atomic E-state index is 0.0787. The van der Waals surface area contributed by atoms with Crippen molar-refractivity contribution in [2.45, 2.75) is 51.9 Å². The number of nitrogens with zero attached hydrogens (tertiary/aromatic N) is 1. The number of aryl methyl sites for hydroxylation is 1. The maximum absolute atomic E-state index is 12.1. The molecule has 1 aromatic carbocycles. The number of rotatable bonds is 8. The van der Waals surface area contributed by atoms with E-state index in [2.05, 4.69) is 17.4 Å². The highest BCUT2D eigenvalue weighted by molar-refractivity contribution is 5.78. The summed E-state index contributed by atoms with van der Waals surface area (Å²) < 4.78 is 0. The summed E-state index contributed by atoms with van der Waals surface area (Å²) in [5.74, 6) is 0.431. The van der Waals surface area contributed by atoms with Gasteiger partial charge in [0.05, 0.1) is 0 Å². The Hall–Kier alpha value is -1.84. The number of hydrogen-bond acceptors (Lipinski definition) is 2. The number of amides is 2. The molecule has 0 radical (unpaired) electrons.